The first-order chi connectivity index (χ1) is 17.2. The van der Waals surface area contributed by atoms with Crippen molar-refractivity contribution in [2.24, 2.45) is 4.99 Å². The number of nitrogens with zero attached hydrogens (tertiary/aromatic N) is 2. The van der Waals surface area contributed by atoms with Crippen molar-refractivity contribution in [2.75, 3.05) is 19.6 Å². The lowest BCUT2D eigenvalue weighted by atomic mass is 9.97. The van der Waals surface area contributed by atoms with Crippen molar-refractivity contribution in [3.8, 4) is 11.1 Å². The number of aliphatic imine (C=N–C) groups is 1. The van der Waals surface area contributed by atoms with Crippen LogP contribution in [-0.4, -0.2) is 41.5 Å². The van der Waals surface area contributed by atoms with Crippen LogP contribution >= 0.6 is 0 Å². The highest BCUT2D eigenvalue weighted by Crippen LogP contribution is 2.32. The number of fused-ring (bicyclic) bond motifs is 3. The Balaban J connectivity index is 1.16. The van der Waals surface area contributed by atoms with Crippen LogP contribution in [0.4, 0.5) is 4.39 Å². The molecular weight excluding hydrogens is 439 g/mol. The van der Waals surface area contributed by atoms with Gasteiger partial charge in [-0.15, -0.1) is 0 Å². The van der Waals surface area contributed by atoms with Gasteiger partial charge in [0.2, 0.25) is 0 Å². The van der Waals surface area contributed by atoms with E-state index in [0.717, 1.165) is 76.9 Å². The first-order valence-electron chi connectivity index (χ1n) is 12.7. The number of nitrogens with one attached hydrogen (secondary N) is 4. The summed E-state index contributed by atoms with van der Waals surface area (Å²) >= 11 is 0. The van der Waals surface area contributed by atoms with Crippen molar-refractivity contribution in [1.29, 1.82) is 0 Å². The Morgan fingerprint density at radius 1 is 0.829 bits per heavy atom. The van der Waals surface area contributed by atoms with E-state index in [1.165, 1.54) is 6.42 Å². The number of H-pyrrole nitrogens is 1. The van der Waals surface area contributed by atoms with Gasteiger partial charge in [-0.2, -0.15) is 0 Å². The molecule has 0 spiro atoms. The molecular formula is C28H29FN6. The van der Waals surface area contributed by atoms with Crippen molar-refractivity contribution in [1.82, 2.24) is 25.9 Å². The fraction of sp³-hybridized carbons (Fsp3) is 0.357. The lowest BCUT2D eigenvalue weighted by Crippen LogP contribution is -2.39. The lowest BCUT2D eigenvalue weighted by molar-refractivity contribution is 0.575. The average Bonchev–Trinajstić information content (AvgIpc) is 3.69. The summed E-state index contributed by atoms with van der Waals surface area (Å²) in [7, 11) is 0. The molecule has 35 heavy (non-hydrogen) atoms. The molecule has 1 aromatic heterocycles. The fourth-order valence-corrected chi connectivity index (χ4v) is 5.84. The van der Waals surface area contributed by atoms with Crippen molar-refractivity contribution in [2.45, 2.75) is 43.8 Å². The van der Waals surface area contributed by atoms with Gasteiger partial charge in [-0.1, -0.05) is 30.3 Å². The zero-order valence-corrected chi connectivity index (χ0v) is 19.6. The molecule has 2 fully saturated rings. The summed E-state index contributed by atoms with van der Waals surface area (Å²) in [4.78, 5) is 13.1. The second kappa shape index (κ2) is 8.43. The summed E-state index contributed by atoms with van der Waals surface area (Å²) in [5, 5.41) is 12.6. The van der Waals surface area contributed by atoms with Crippen LogP contribution in [0.2, 0.25) is 0 Å². The van der Waals surface area contributed by atoms with E-state index in [2.05, 4.69) is 56.3 Å². The molecule has 6 nitrogen and oxygen atoms in total. The molecule has 4 N–H and O–H groups in total. The Kier molecular flexibility index (Phi) is 5.06. The Labute approximate surface area is 203 Å². The zero-order valence-electron chi connectivity index (χ0n) is 19.6. The third-order valence-corrected chi connectivity index (χ3v) is 7.74. The smallest absolute Gasteiger partial charge is 0.129 e. The molecule has 7 heteroatoms. The Hall–Kier alpha value is -3.29. The second-order valence-corrected chi connectivity index (χ2v) is 9.98. The van der Waals surface area contributed by atoms with Gasteiger partial charge >= 0.3 is 0 Å². The minimum Gasteiger partial charge on any atom is -0.364 e. The van der Waals surface area contributed by atoms with Crippen molar-refractivity contribution in [3.63, 3.8) is 0 Å². The summed E-state index contributed by atoms with van der Waals surface area (Å²) in [5.74, 6) is 1.80. The number of hydrogen-bond acceptors (Lipinski definition) is 5. The zero-order chi connectivity index (χ0) is 23.4. The van der Waals surface area contributed by atoms with Gasteiger partial charge in [0.05, 0.1) is 35.7 Å². The van der Waals surface area contributed by atoms with Crippen LogP contribution in [0.1, 0.15) is 49.2 Å². The number of aromatic amines is 1. The van der Waals surface area contributed by atoms with E-state index in [4.69, 9.17) is 4.98 Å². The molecule has 4 heterocycles. The third-order valence-electron chi connectivity index (χ3n) is 7.74. The van der Waals surface area contributed by atoms with Crippen LogP contribution in [0, 0.1) is 5.82 Å². The summed E-state index contributed by atoms with van der Waals surface area (Å²) in [6.45, 7) is 2.65. The third kappa shape index (κ3) is 3.70. The molecule has 0 bridgehead atoms. The minimum absolute atomic E-state index is 0.102. The van der Waals surface area contributed by atoms with Crippen LogP contribution < -0.4 is 16.0 Å². The molecule has 3 aliphatic rings. The number of amidine groups is 1. The average molecular weight is 469 g/mol. The molecule has 3 atom stereocenters. The molecule has 0 radical (unpaired) electrons. The number of imidazole rings is 1. The van der Waals surface area contributed by atoms with Gasteiger partial charge in [-0.25, -0.2) is 9.37 Å². The number of benzene rings is 3. The topological polar surface area (TPSA) is 77.1 Å². The first kappa shape index (κ1) is 21.0. The largest absolute Gasteiger partial charge is 0.364 e. The molecule has 3 aliphatic heterocycles. The van der Waals surface area contributed by atoms with Gasteiger partial charge in [-0.3, -0.25) is 4.99 Å². The van der Waals surface area contributed by atoms with Gasteiger partial charge in [-0.05, 0) is 73.5 Å². The maximum Gasteiger partial charge on any atom is 0.129 e. The SMILES string of the molecule is Fc1cc(-c2ccc3c(ccc4[nH]c([C@@H]5CCCN5)nc43)c2)ccc1C1CN=C([C@@H]2CCCN2)N1. The van der Waals surface area contributed by atoms with Gasteiger partial charge in [0.25, 0.3) is 0 Å². The number of rotatable bonds is 4. The summed E-state index contributed by atoms with van der Waals surface area (Å²) in [5.41, 5.74) is 4.62. The highest BCUT2D eigenvalue weighted by atomic mass is 19.1. The lowest BCUT2D eigenvalue weighted by Gasteiger charge is -2.17. The molecule has 0 aliphatic carbocycles. The van der Waals surface area contributed by atoms with E-state index < -0.39 is 0 Å². The molecule has 3 aromatic carbocycles. The van der Waals surface area contributed by atoms with E-state index in [9.17, 15) is 0 Å². The number of halogens is 1. The van der Waals surface area contributed by atoms with Crippen LogP contribution in [0.5, 0.6) is 0 Å². The quantitative estimate of drug-likeness (QED) is 0.349. The Morgan fingerprint density at radius 3 is 2.43 bits per heavy atom. The molecule has 0 amide bonds. The predicted molar refractivity (Wildman–Crippen MR) is 138 cm³/mol. The molecule has 2 saturated heterocycles. The van der Waals surface area contributed by atoms with Crippen LogP contribution in [-0.2, 0) is 0 Å². The summed E-state index contributed by atoms with van der Waals surface area (Å²) in [6, 6.07) is 16.6. The van der Waals surface area contributed by atoms with E-state index >= 15 is 4.39 Å². The number of hydrogen-bond donors (Lipinski definition) is 4. The summed E-state index contributed by atoms with van der Waals surface area (Å²) in [6.07, 6.45) is 4.55. The number of aromatic nitrogens is 2. The van der Waals surface area contributed by atoms with Crippen LogP contribution in [0.25, 0.3) is 32.9 Å². The van der Waals surface area contributed by atoms with Crippen molar-refractivity contribution >= 4 is 27.6 Å². The minimum atomic E-state index is -0.188. The predicted octanol–water partition coefficient (Wildman–Crippen LogP) is 4.74. The molecule has 1 unspecified atom stereocenters. The monoisotopic (exact) mass is 468 g/mol. The normalized spacial score (nSPS) is 24.4. The van der Waals surface area contributed by atoms with Crippen LogP contribution in [0.15, 0.2) is 53.5 Å². The van der Waals surface area contributed by atoms with Crippen molar-refractivity contribution in [3.05, 3.63) is 65.7 Å². The Morgan fingerprint density at radius 2 is 1.63 bits per heavy atom. The van der Waals surface area contributed by atoms with E-state index in [1.54, 1.807) is 6.07 Å². The molecule has 7 rings (SSSR count). The summed E-state index contributed by atoms with van der Waals surface area (Å²) < 4.78 is 15.2. The molecule has 4 aromatic rings. The van der Waals surface area contributed by atoms with Crippen molar-refractivity contribution < 1.29 is 4.39 Å². The fourth-order valence-electron chi connectivity index (χ4n) is 5.84. The highest BCUT2D eigenvalue weighted by molar-refractivity contribution is 6.05. The Bertz CT molecular complexity index is 1440. The first-order valence-corrected chi connectivity index (χ1v) is 12.7. The van der Waals surface area contributed by atoms with E-state index in [-0.39, 0.29) is 17.9 Å². The molecule has 178 valence electrons. The van der Waals surface area contributed by atoms with Gasteiger partial charge < -0.3 is 20.9 Å². The van der Waals surface area contributed by atoms with E-state index in [0.29, 0.717) is 18.2 Å². The van der Waals surface area contributed by atoms with Gasteiger partial charge in [0.15, 0.2) is 0 Å². The standard InChI is InChI=1S/C28H29FN6/c29-21-14-17(6-9-20(21)25-15-32-27(34-25)23-3-1-11-30-23)16-5-8-19-18(13-16)7-10-22-26(19)35-28(33-22)24-4-2-12-31-24/h5-10,13-14,23-25,30-31H,1-4,11-12,15H2,(H,32,34)(H,33,35)/t23-,24-,25?/m0/s1. The van der Waals surface area contributed by atoms with Gasteiger partial charge in [0.1, 0.15) is 17.5 Å². The maximum absolute atomic E-state index is 15.2. The highest BCUT2D eigenvalue weighted by Gasteiger charge is 2.28. The molecule has 0 saturated carbocycles. The van der Waals surface area contributed by atoms with Gasteiger partial charge in [0, 0.05) is 10.9 Å². The van der Waals surface area contributed by atoms with E-state index in [1.807, 2.05) is 12.1 Å². The maximum atomic E-state index is 15.2. The second-order valence-electron chi connectivity index (χ2n) is 9.98. The van der Waals surface area contributed by atoms with Crippen LogP contribution in [0.3, 0.4) is 0 Å².